The van der Waals surface area contributed by atoms with Gasteiger partial charge in [0.1, 0.15) is 5.54 Å². The van der Waals surface area contributed by atoms with Gasteiger partial charge in [0.2, 0.25) is 0 Å². The normalized spacial score (nSPS) is 17.7. The maximum atomic E-state index is 11.7. The third-order valence-corrected chi connectivity index (χ3v) is 3.27. The summed E-state index contributed by atoms with van der Waals surface area (Å²) in [7, 11) is 0. The number of carboxylic acids is 1. The van der Waals surface area contributed by atoms with E-state index in [0.717, 1.165) is 19.3 Å². The van der Waals surface area contributed by atoms with Crippen molar-refractivity contribution < 1.29 is 14.7 Å². The summed E-state index contributed by atoms with van der Waals surface area (Å²) in [5, 5.41) is 27.4. The molecular formula is C10H16N6O3. The Kier molecular flexibility index (Phi) is 3.93. The van der Waals surface area contributed by atoms with Gasteiger partial charge in [-0.1, -0.05) is 24.5 Å². The summed E-state index contributed by atoms with van der Waals surface area (Å²) in [5.41, 5.74) is -1.15. The van der Waals surface area contributed by atoms with E-state index in [2.05, 4.69) is 31.3 Å². The van der Waals surface area contributed by atoms with Crippen molar-refractivity contribution in [3.63, 3.8) is 0 Å². The van der Waals surface area contributed by atoms with Crippen molar-refractivity contribution in [2.45, 2.75) is 44.2 Å². The number of hydrogen-bond donors (Lipinski definition) is 4. The molecule has 1 saturated carbocycles. The molecule has 0 saturated heterocycles. The number of carboxylic acid groups (broad SMARTS) is 1. The SMILES string of the molecule is O=C(NCc1nn[nH]n1)NC1(C(=O)O)CCCCC1. The lowest BCUT2D eigenvalue weighted by molar-refractivity contribution is -0.145. The van der Waals surface area contributed by atoms with E-state index in [-0.39, 0.29) is 6.54 Å². The summed E-state index contributed by atoms with van der Waals surface area (Å²) in [4.78, 5) is 23.1. The Hall–Kier alpha value is -2.19. The Balaban J connectivity index is 1.90. The fraction of sp³-hybridized carbons (Fsp3) is 0.700. The average Bonchev–Trinajstić information content (AvgIpc) is 2.90. The molecular weight excluding hydrogens is 252 g/mol. The van der Waals surface area contributed by atoms with Gasteiger partial charge in [-0.3, -0.25) is 0 Å². The van der Waals surface area contributed by atoms with Crippen LogP contribution in [0.1, 0.15) is 37.9 Å². The number of carbonyl (C=O) groups excluding carboxylic acids is 1. The Morgan fingerprint density at radius 2 is 2.05 bits per heavy atom. The maximum Gasteiger partial charge on any atom is 0.329 e. The van der Waals surface area contributed by atoms with Crippen LogP contribution in [0, 0.1) is 0 Å². The molecule has 0 atom stereocenters. The number of H-pyrrole nitrogens is 1. The summed E-state index contributed by atoms with van der Waals surface area (Å²) in [5.74, 6) is -0.648. The van der Waals surface area contributed by atoms with Crippen molar-refractivity contribution in [2.75, 3.05) is 0 Å². The average molecular weight is 268 g/mol. The number of nitrogens with one attached hydrogen (secondary N) is 3. The van der Waals surface area contributed by atoms with Crippen LogP contribution in [0.4, 0.5) is 4.79 Å². The third kappa shape index (κ3) is 3.18. The number of aromatic amines is 1. The molecule has 0 spiro atoms. The number of amides is 2. The zero-order valence-electron chi connectivity index (χ0n) is 10.3. The quantitative estimate of drug-likeness (QED) is 0.597. The molecule has 0 unspecified atom stereocenters. The molecule has 1 aromatic rings. The van der Waals surface area contributed by atoms with Crippen LogP contribution in [0.2, 0.25) is 0 Å². The second-order valence-electron chi connectivity index (χ2n) is 4.58. The topological polar surface area (TPSA) is 133 Å². The Morgan fingerprint density at radius 1 is 1.32 bits per heavy atom. The van der Waals surface area contributed by atoms with Gasteiger partial charge in [-0.15, -0.1) is 10.2 Å². The maximum absolute atomic E-state index is 11.7. The molecule has 1 aliphatic rings. The lowest BCUT2D eigenvalue weighted by atomic mass is 9.82. The molecule has 19 heavy (non-hydrogen) atoms. The minimum absolute atomic E-state index is 0.0953. The van der Waals surface area contributed by atoms with Gasteiger partial charge in [0.15, 0.2) is 5.82 Å². The van der Waals surface area contributed by atoms with Crippen molar-refractivity contribution in [1.29, 1.82) is 0 Å². The first-order valence-corrected chi connectivity index (χ1v) is 6.14. The zero-order chi connectivity index (χ0) is 13.7. The van der Waals surface area contributed by atoms with Gasteiger partial charge in [0, 0.05) is 0 Å². The van der Waals surface area contributed by atoms with Crippen LogP contribution >= 0.6 is 0 Å². The number of urea groups is 1. The van der Waals surface area contributed by atoms with E-state index in [1.54, 1.807) is 0 Å². The summed E-state index contributed by atoms with van der Waals surface area (Å²) >= 11 is 0. The molecule has 9 heteroatoms. The minimum Gasteiger partial charge on any atom is -0.480 e. The van der Waals surface area contributed by atoms with Crippen molar-refractivity contribution in [3.8, 4) is 0 Å². The molecule has 2 amide bonds. The number of aliphatic carboxylic acids is 1. The summed E-state index contributed by atoms with van der Waals surface area (Å²) in [6.07, 6.45) is 3.52. The van der Waals surface area contributed by atoms with E-state index in [9.17, 15) is 14.7 Å². The number of hydrogen-bond acceptors (Lipinski definition) is 5. The van der Waals surface area contributed by atoms with Gasteiger partial charge in [-0.05, 0) is 12.8 Å². The van der Waals surface area contributed by atoms with Gasteiger partial charge in [-0.2, -0.15) is 5.21 Å². The summed E-state index contributed by atoms with van der Waals surface area (Å²) in [6, 6.07) is -0.533. The fourth-order valence-corrected chi connectivity index (χ4v) is 2.23. The van der Waals surface area contributed by atoms with Gasteiger partial charge < -0.3 is 15.7 Å². The molecule has 9 nitrogen and oxygen atoms in total. The standard InChI is InChI=1S/C10H16N6O3/c17-8(18)10(4-2-1-3-5-10)12-9(19)11-6-7-13-15-16-14-7/h1-6H2,(H,17,18)(H2,11,12,19)(H,13,14,15,16). The number of nitrogens with zero attached hydrogens (tertiary/aromatic N) is 3. The van der Waals surface area contributed by atoms with Gasteiger partial charge in [0.25, 0.3) is 0 Å². The van der Waals surface area contributed by atoms with E-state index in [0.29, 0.717) is 18.7 Å². The zero-order valence-corrected chi connectivity index (χ0v) is 10.3. The van der Waals surface area contributed by atoms with Crippen molar-refractivity contribution in [2.24, 2.45) is 0 Å². The number of tetrazole rings is 1. The number of aromatic nitrogens is 4. The number of carbonyl (C=O) groups is 2. The van der Waals surface area contributed by atoms with Crippen molar-refractivity contribution in [1.82, 2.24) is 31.3 Å². The van der Waals surface area contributed by atoms with Crippen LogP contribution in [-0.4, -0.2) is 43.3 Å². The summed E-state index contributed by atoms with van der Waals surface area (Å²) < 4.78 is 0. The van der Waals surface area contributed by atoms with Crippen molar-refractivity contribution in [3.05, 3.63) is 5.82 Å². The highest BCUT2D eigenvalue weighted by Gasteiger charge is 2.40. The first-order chi connectivity index (χ1) is 9.12. The smallest absolute Gasteiger partial charge is 0.329 e. The van der Waals surface area contributed by atoms with Gasteiger partial charge in [0.05, 0.1) is 6.54 Å². The van der Waals surface area contributed by atoms with Crippen LogP contribution in [0.3, 0.4) is 0 Å². The van der Waals surface area contributed by atoms with E-state index in [4.69, 9.17) is 0 Å². The largest absolute Gasteiger partial charge is 0.480 e. The predicted molar refractivity (Wildman–Crippen MR) is 63.0 cm³/mol. The molecule has 104 valence electrons. The Labute approximate surface area is 109 Å². The Morgan fingerprint density at radius 3 is 2.63 bits per heavy atom. The third-order valence-electron chi connectivity index (χ3n) is 3.27. The van der Waals surface area contributed by atoms with E-state index in [1.807, 2.05) is 0 Å². The molecule has 0 aliphatic heterocycles. The summed E-state index contributed by atoms with van der Waals surface area (Å²) in [6.45, 7) is 0.0953. The van der Waals surface area contributed by atoms with Gasteiger partial charge in [-0.25, -0.2) is 9.59 Å². The molecule has 1 aliphatic carbocycles. The van der Waals surface area contributed by atoms with Crippen LogP contribution in [0.5, 0.6) is 0 Å². The van der Waals surface area contributed by atoms with Crippen LogP contribution < -0.4 is 10.6 Å². The lowest BCUT2D eigenvalue weighted by Crippen LogP contribution is -2.57. The van der Waals surface area contributed by atoms with Crippen LogP contribution in [-0.2, 0) is 11.3 Å². The molecule has 1 aromatic heterocycles. The highest BCUT2D eigenvalue weighted by Crippen LogP contribution is 2.28. The van der Waals surface area contributed by atoms with Crippen molar-refractivity contribution >= 4 is 12.0 Å². The highest BCUT2D eigenvalue weighted by atomic mass is 16.4. The molecule has 0 radical (unpaired) electrons. The highest BCUT2D eigenvalue weighted by molar-refractivity contribution is 5.86. The first-order valence-electron chi connectivity index (χ1n) is 6.14. The minimum atomic E-state index is -1.15. The first kappa shape index (κ1) is 13.2. The van der Waals surface area contributed by atoms with Crippen LogP contribution in [0.25, 0.3) is 0 Å². The Bertz CT molecular complexity index is 440. The van der Waals surface area contributed by atoms with E-state index in [1.165, 1.54) is 0 Å². The molecule has 1 heterocycles. The lowest BCUT2D eigenvalue weighted by Gasteiger charge is -2.33. The predicted octanol–water partition coefficient (Wildman–Crippen LogP) is -0.214. The molecule has 2 rings (SSSR count). The van der Waals surface area contributed by atoms with Crippen LogP contribution in [0.15, 0.2) is 0 Å². The van der Waals surface area contributed by atoms with E-state index < -0.39 is 17.5 Å². The number of rotatable bonds is 4. The fourth-order valence-electron chi connectivity index (χ4n) is 2.23. The molecule has 0 aromatic carbocycles. The van der Waals surface area contributed by atoms with Gasteiger partial charge >= 0.3 is 12.0 Å². The monoisotopic (exact) mass is 268 g/mol. The van der Waals surface area contributed by atoms with E-state index >= 15 is 0 Å². The molecule has 4 N–H and O–H groups in total. The molecule has 0 bridgehead atoms. The second-order valence-corrected chi connectivity index (χ2v) is 4.58. The molecule has 1 fully saturated rings. The second kappa shape index (κ2) is 5.63.